The number of nitrogens with two attached hydrogens (primary N) is 1. The third-order valence-electron chi connectivity index (χ3n) is 2.54. The molecule has 0 bridgehead atoms. The Balaban J connectivity index is 2.23. The number of nitrogens with one attached hydrogen (secondary N) is 1. The first-order chi connectivity index (χ1) is 8.97. The van der Waals surface area contributed by atoms with Crippen LogP contribution in [0.2, 0.25) is 5.02 Å². The quantitative estimate of drug-likeness (QED) is 0.820. The molecule has 1 heterocycles. The van der Waals surface area contributed by atoms with Crippen LogP contribution < -0.4 is 11.1 Å². The molecule has 0 unspecified atom stereocenters. The first-order valence-electron chi connectivity index (χ1n) is 5.46. The van der Waals surface area contributed by atoms with E-state index in [0.29, 0.717) is 22.1 Å². The maximum absolute atomic E-state index is 12.1. The van der Waals surface area contributed by atoms with E-state index >= 15 is 0 Å². The van der Waals surface area contributed by atoms with Crippen molar-refractivity contribution in [3.05, 3.63) is 51.1 Å². The zero-order valence-electron chi connectivity index (χ0n) is 10.1. The number of hydrogen-bond donors (Lipinski definition) is 2. The van der Waals surface area contributed by atoms with Crippen LogP contribution in [0, 0.1) is 6.92 Å². The molecule has 0 atom stereocenters. The van der Waals surface area contributed by atoms with Gasteiger partial charge in [-0.3, -0.25) is 4.79 Å². The van der Waals surface area contributed by atoms with Crippen molar-refractivity contribution in [1.29, 1.82) is 0 Å². The van der Waals surface area contributed by atoms with Gasteiger partial charge in [0.25, 0.3) is 5.91 Å². The summed E-state index contributed by atoms with van der Waals surface area (Å²) in [6.45, 7) is 1.86. The highest BCUT2D eigenvalue weighted by molar-refractivity contribution is 9.10. The summed E-state index contributed by atoms with van der Waals surface area (Å²) in [5, 5.41) is 3.16. The van der Waals surface area contributed by atoms with Crippen molar-refractivity contribution in [2.24, 2.45) is 0 Å². The van der Waals surface area contributed by atoms with Crippen LogP contribution in [0.1, 0.15) is 15.9 Å². The molecule has 4 nitrogen and oxygen atoms in total. The Hall–Kier alpha value is -1.59. The molecule has 6 heteroatoms. The fraction of sp³-hybridized carbons (Fsp3) is 0.0769. The highest BCUT2D eigenvalue weighted by atomic mass is 79.9. The Labute approximate surface area is 124 Å². The number of aromatic nitrogens is 1. The molecule has 0 aliphatic rings. The van der Waals surface area contributed by atoms with Crippen molar-refractivity contribution in [2.45, 2.75) is 6.92 Å². The first-order valence-corrected chi connectivity index (χ1v) is 6.63. The lowest BCUT2D eigenvalue weighted by atomic mass is 10.2. The molecule has 2 rings (SSSR count). The van der Waals surface area contributed by atoms with Crippen molar-refractivity contribution < 1.29 is 4.79 Å². The number of halogens is 2. The Kier molecular flexibility index (Phi) is 4.07. The summed E-state index contributed by atoms with van der Waals surface area (Å²) in [7, 11) is 0. The Morgan fingerprint density at radius 2 is 2.16 bits per heavy atom. The minimum absolute atomic E-state index is 0.277. The first kappa shape index (κ1) is 13.8. The van der Waals surface area contributed by atoms with Crippen LogP contribution in [-0.2, 0) is 0 Å². The summed E-state index contributed by atoms with van der Waals surface area (Å²) < 4.78 is 0.860. The van der Waals surface area contributed by atoms with E-state index in [2.05, 4.69) is 26.2 Å². The molecule has 3 N–H and O–H groups in total. The minimum atomic E-state index is -0.277. The summed E-state index contributed by atoms with van der Waals surface area (Å²) in [5.41, 5.74) is 7.34. The number of nitrogens with zero attached hydrogens (tertiary/aromatic N) is 1. The van der Waals surface area contributed by atoms with Crippen LogP contribution >= 0.6 is 27.5 Å². The van der Waals surface area contributed by atoms with E-state index in [1.165, 1.54) is 6.07 Å². The van der Waals surface area contributed by atoms with E-state index < -0.39 is 0 Å². The molecule has 19 heavy (non-hydrogen) atoms. The third kappa shape index (κ3) is 3.24. The van der Waals surface area contributed by atoms with Crippen molar-refractivity contribution in [2.75, 3.05) is 11.1 Å². The fourth-order valence-corrected chi connectivity index (χ4v) is 2.10. The second-order valence-electron chi connectivity index (χ2n) is 4.01. The van der Waals surface area contributed by atoms with E-state index in [9.17, 15) is 4.79 Å². The summed E-state index contributed by atoms with van der Waals surface area (Å²) in [6.07, 6.45) is 1.62. The highest BCUT2D eigenvalue weighted by Gasteiger charge is 2.10. The van der Waals surface area contributed by atoms with Crippen LogP contribution in [0.25, 0.3) is 0 Å². The van der Waals surface area contributed by atoms with Crippen LogP contribution in [0.15, 0.2) is 34.9 Å². The number of nitrogen functional groups attached to an aromatic ring is 1. The fourth-order valence-electron chi connectivity index (χ4n) is 1.54. The monoisotopic (exact) mass is 339 g/mol. The molecule has 1 aromatic heterocycles. The second kappa shape index (κ2) is 5.59. The number of anilines is 2. The lowest BCUT2D eigenvalue weighted by Crippen LogP contribution is -2.14. The van der Waals surface area contributed by atoms with Crippen molar-refractivity contribution in [3.8, 4) is 0 Å². The SMILES string of the molecule is Cc1cc(Br)cnc1NC(=O)c1ccc(Cl)c(N)c1. The van der Waals surface area contributed by atoms with Crippen LogP contribution in [0.5, 0.6) is 0 Å². The number of aryl methyl sites for hydroxylation is 1. The van der Waals surface area contributed by atoms with Crippen molar-refractivity contribution >= 4 is 44.9 Å². The highest BCUT2D eigenvalue weighted by Crippen LogP contribution is 2.21. The van der Waals surface area contributed by atoms with E-state index in [0.717, 1.165) is 10.0 Å². The summed E-state index contributed by atoms with van der Waals surface area (Å²) in [4.78, 5) is 16.2. The lowest BCUT2D eigenvalue weighted by molar-refractivity contribution is 0.102. The number of carbonyl (C=O) groups is 1. The van der Waals surface area contributed by atoms with Crippen LogP contribution in [0.4, 0.5) is 11.5 Å². The van der Waals surface area contributed by atoms with E-state index in [-0.39, 0.29) is 5.91 Å². The molecule has 98 valence electrons. The number of carbonyl (C=O) groups excluding carboxylic acids is 1. The lowest BCUT2D eigenvalue weighted by Gasteiger charge is -2.08. The van der Waals surface area contributed by atoms with Crippen LogP contribution in [-0.4, -0.2) is 10.9 Å². The molecular weight excluding hydrogens is 330 g/mol. The van der Waals surface area contributed by atoms with E-state index in [1.807, 2.05) is 13.0 Å². The molecule has 0 fully saturated rings. The molecular formula is C13H11BrClN3O. The van der Waals surface area contributed by atoms with Crippen LogP contribution in [0.3, 0.4) is 0 Å². The summed E-state index contributed by atoms with van der Waals surface area (Å²) in [5.74, 6) is 0.239. The van der Waals surface area contributed by atoms with Gasteiger partial charge in [0.05, 0.1) is 10.7 Å². The van der Waals surface area contributed by atoms with Crippen molar-refractivity contribution in [3.63, 3.8) is 0 Å². The molecule has 0 spiro atoms. The molecule has 0 aliphatic carbocycles. The number of amides is 1. The second-order valence-corrected chi connectivity index (χ2v) is 5.33. The molecule has 2 aromatic rings. The normalized spacial score (nSPS) is 10.3. The van der Waals surface area contributed by atoms with Gasteiger partial charge in [0.2, 0.25) is 0 Å². The van der Waals surface area contributed by atoms with Gasteiger partial charge in [0.1, 0.15) is 5.82 Å². The van der Waals surface area contributed by atoms with Gasteiger partial charge in [0.15, 0.2) is 0 Å². The molecule has 0 saturated carbocycles. The predicted molar refractivity (Wildman–Crippen MR) is 80.5 cm³/mol. The van der Waals surface area contributed by atoms with Gasteiger partial charge >= 0.3 is 0 Å². The number of benzene rings is 1. The zero-order chi connectivity index (χ0) is 14.0. The Morgan fingerprint density at radius 3 is 2.79 bits per heavy atom. The van der Waals surface area contributed by atoms with Gasteiger partial charge in [-0.2, -0.15) is 0 Å². The summed E-state index contributed by atoms with van der Waals surface area (Å²) >= 11 is 9.13. The van der Waals surface area contributed by atoms with Crippen molar-refractivity contribution in [1.82, 2.24) is 4.98 Å². The number of pyridine rings is 1. The van der Waals surface area contributed by atoms with Gasteiger partial charge in [-0.05, 0) is 52.7 Å². The number of rotatable bonds is 2. The van der Waals surface area contributed by atoms with Gasteiger partial charge in [-0.1, -0.05) is 11.6 Å². The predicted octanol–water partition coefficient (Wildman–Crippen LogP) is 3.64. The molecule has 0 radical (unpaired) electrons. The molecule has 1 aromatic carbocycles. The third-order valence-corrected chi connectivity index (χ3v) is 3.31. The smallest absolute Gasteiger partial charge is 0.256 e. The largest absolute Gasteiger partial charge is 0.398 e. The number of hydrogen-bond acceptors (Lipinski definition) is 3. The van der Waals surface area contributed by atoms with E-state index in [1.54, 1.807) is 18.3 Å². The molecule has 0 aliphatic heterocycles. The Bertz CT molecular complexity index is 646. The molecule has 0 saturated heterocycles. The summed E-state index contributed by atoms with van der Waals surface area (Å²) in [6, 6.07) is 6.61. The average molecular weight is 341 g/mol. The zero-order valence-corrected chi connectivity index (χ0v) is 12.4. The van der Waals surface area contributed by atoms with Gasteiger partial charge in [-0.25, -0.2) is 4.98 Å². The standard InChI is InChI=1S/C13H11BrClN3O/c1-7-4-9(14)6-17-12(7)18-13(19)8-2-3-10(15)11(16)5-8/h2-6H,16H2,1H3,(H,17,18,19). The minimum Gasteiger partial charge on any atom is -0.398 e. The maximum Gasteiger partial charge on any atom is 0.256 e. The van der Waals surface area contributed by atoms with Gasteiger partial charge in [0, 0.05) is 16.2 Å². The van der Waals surface area contributed by atoms with E-state index in [4.69, 9.17) is 17.3 Å². The molecule has 1 amide bonds. The van der Waals surface area contributed by atoms with Gasteiger partial charge < -0.3 is 11.1 Å². The maximum atomic E-state index is 12.1. The topological polar surface area (TPSA) is 68.0 Å². The van der Waals surface area contributed by atoms with Gasteiger partial charge in [-0.15, -0.1) is 0 Å². The Morgan fingerprint density at radius 1 is 1.42 bits per heavy atom. The average Bonchev–Trinajstić information content (AvgIpc) is 2.36.